The number of nitrogens with zero attached hydrogens (tertiary/aromatic N) is 1. The molecule has 1 aliphatic heterocycles. The van der Waals surface area contributed by atoms with Crippen LogP contribution in [-0.2, 0) is 11.3 Å². The van der Waals surface area contributed by atoms with Crippen LogP contribution in [0, 0.1) is 12.7 Å². The van der Waals surface area contributed by atoms with Crippen LogP contribution in [0.2, 0.25) is 0 Å². The number of nitrogens with one attached hydrogen (secondary N) is 1. The minimum Gasteiger partial charge on any atom is -0.343 e. The summed E-state index contributed by atoms with van der Waals surface area (Å²) in [6, 6.07) is 4.79. The van der Waals surface area contributed by atoms with Crippen LogP contribution < -0.4 is 5.32 Å². The van der Waals surface area contributed by atoms with E-state index < -0.39 is 0 Å². The second-order valence-corrected chi connectivity index (χ2v) is 5.09. The summed E-state index contributed by atoms with van der Waals surface area (Å²) in [4.78, 5) is 13.7. The van der Waals surface area contributed by atoms with Crippen molar-refractivity contribution in [2.75, 3.05) is 19.6 Å². The maximum absolute atomic E-state index is 13.1. The number of hydrogen-bond donors (Lipinski definition) is 1. The number of carbonyl (C=O) groups is 1. The highest BCUT2D eigenvalue weighted by atomic mass is 19.1. The van der Waals surface area contributed by atoms with Crippen LogP contribution in [0.3, 0.4) is 0 Å². The van der Waals surface area contributed by atoms with E-state index >= 15 is 0 Å². The lowest BCUT2D eigenvalue weighted by Crippen LogP contribution is -2.30. The molecule has 0 saturated carbocycles. The van der Waals surface area contributed by atoms with Crippen molar-refractivity contribution in [1.29, 1.82) is 0 Å². The first-order chi connectivity index (χ1) is 9.16. The molecule has 0 atom stereocenters. The largest absolute Gasteiger partial charge is 0.343 e. The van der Waals surface area contributed by atoms with Gasteiger partial charge in [-0.25, -0.2) is 4.39 Å². The van der Waals surface area contributed by atoms with Crippen molar-refractivity contribution >= 4 is 5.91 Å². The summed E-state index contributed by atoms with van der Waals surface area (Å²) < 4.78 is 13.1. The first-order valence-corrected chi connectivity index (χ1v) is 6.90. The number of carbonyl (C=O) groups excluding carboxylic acids is 1. The number of halogens is 1. The van der Waals surface area contributed by atoms with Gasteiger partial charge in [0, 0.05) is 32.6 Å². The molecule has 1 heterocycles. The van der Waals surface area contributed by atoms with E-state index in [1.807, 2.05) is 11.8 Å². The standard InChI is InChI=1S/C15H21FN2O/c1-12-4-5-14(16)10-13(12)11-17-7-6-15(19)18-8-2-3-9-18/h4-5,10,17H,2-3,6-9,11H2,1H3. The molecule has 1 N–H and O–H groups in total. The van der Waals surface area contributed by atoms with Crippen molar-refractivity contribution in [1.82, 2.24) is 10.2 Å². The predicted octanol–water partition coefficient (Wildman–Crippen LogP) is 2.24. The fraction of sp³-hybridized carbons (Fsp3) is 0.533. The van der Waals surface area contributed by atoms with Crippen LogP contribution >= 0.6 is 0 Å². The van der Waals surface area contributed by atoms with Crippen LogP contribution in [0.4, 0.5) is 4.39 Å². The molecule has 3 nitrogen and oxygen atoms in total. The van der Waals surface area contributed by atoms with Crippen molar-refractivity contribution in [3.8, 4) is 0 Å². The van der Waals surface area contributed by atoms with Gasteiger partial charge < -0.3 is 10.2 Å². The van der Waals surface area contributed by atoms with Crippen molar-refractivity contribution in [2.45, 2.75) is 32.7 Å². The number of hydrogen-bond acceptors (Lipinski definition) is 2. The van der Waals surface area contributed by atoms with Crippen LogP contribution in [-0.4, -0.2) is 30.4 Å². The van der Waals surface area contributed by atoms with E-state index in [0.717, 1.165) is 37.1 Å². The number of benzene rings is 1. The Kier molecular flexibility index (Phi) is 4.91. The Hall–Kier alpha value is -1.42. The predicted molar refractivity (Wildman–Crippen MR) is 73.3 cm³/mol. The van der Waals surface area contributed by atoms with E-state index in [1.165, 1.54) is 6.07 Å². The number of amides is 1. The highest BCUT2D eigenvalue weighted by Gasteiger charge is 2.16. The van der Waals surface area contributed by atoms with Gasteiger partial charge in [-0.05, 0) is 43.0 Å². The summed E-state index contributed by atoms with van der Waals surface area (Å²) in [7, 11) is 0. The number of likely N-dealkylation sites (tertiary alicyclic amines) is 1. The average molecular weight is 264 g/mol. The molecule has 0 spiro atoms. The normalized spacial score (nSPS) is 14.9. The summed E-state index contributed by atoms with van der Waals surface area (Å²) in [5.41, 5.74) is 2.02. The van der Waals surface area contributed by atoms with E-state index in [4.69, 9.17) is 0 Å². The van der Waals surface area contributed by atoms with Crippen LogP contribution in [0.15, 0.2) is 18.2 Å². The van der Waals surface area contributed by atoms with Gasteiger partial charge in [-0.3, -0.25) is 4.79 Å². The fourth-order valence-corrected chi connectivity index (χ4v) is 2.37. The Morgan fingerprint density at radius 3 is 2.84 bits per heavy atom. The third-order valence-corrected chi connectivity index (χ3v) is 3.60. The van der Waals surface area contributed by atoms with Gasteiger partial charge >= 0.3 is 0 Å². The Labute approximate surface area is 113 Å². The molecular weight excluding hydrogens is 243 g/mol. The molecule has 4 heteroatoms. The molecule has 1 aromatic carbocycles. The van der Waals surface area contributed by atoms with Gasteiger partial charge in [-0.1, -0.05) is 6.07 Å². The molecule has 0 aromatic heterocycles. The zero-order valence-corrected chi connectivity index (χ0v) is 11.4. The first-order valence-electron chi connectivity index (χ1n) is 6.90. The molecule has 0 aliphatic carbocycles. The SMILES string of the molecule is Cc1ccc(F)cc1CNCCC(=O)N1CCCC1. The van der Waals surface area contributed by atoms with Crippen molar-refractivity contribution in [3.63, 3.8) is 0 Å². The zero-order chi connectivity index (χ0) is 13.7. The average Bonchev–Trinajstić information content (AvgIpc) is 2.92. The van der Waals surface area contributed by atoms with Gasteiger partial charge in [0.15, 0.2) is 0 Å². The van der Waals surface area contributed by atoms with Crippen LogP contribution in [0.1, 0.15) is 30.4 Å². The third-order valence-electron chi connectivity index (χ3n) is 3.60. The van der Waals surface area contributed by atoms with E-state index in [0.29, 0.717) is 19.5 Å². The van der Waals surface area contributed by atoms with E-state index in [-0.39, 0.29) is 11.7 Å². The van der Waals surface area contributed by atoms with Gasteiger partial charge in [-0.2, -0.15) is 0 Å². The topological polar surface area (TPSA) is 32.3 Å². The zero-order valence-electron chi connectivity index (χ0n) is 11.4. The molecule has 0 radical (unpaired) electrons. The lowest BCUT2D eigenvalue weighted by Gasteiger charge is -2.15. The monoisotopic (exact) mass is 264 g/mol. The third kappa shape index (κ3) is 4.03. The van der Waals surface area contributed by atoms with E-state index in [2.05, 4.69) is 5.32 Å². The van der Waals surface area contributed by atoms with Gasteiger partial charge in [-0.15, -0.1) is 0 Å². The molecule has 104 valence electrons. The summed E-state index contributed by atoms with van der Waals surface area (Å²) in [5.74, 6) is 0.0107. The van der Waals surface area contributed by atoms with Gasteiger partial charge in [0.25, 0.3) is 0 Å². The van der Waals surface area contributed by atoms with Gasteiger partial charge in [0.1, 0.15) is 5.82 Å². The number of aryl methyl sites for hydroxylation is 1. The summed E-state index contributed by atoms with van der Waals surface area (Å²) in [5, 5.41) is 3.21. The Morgan fingerprint density at radius 2 is 2.11 bits per heavy atom. The van der Waals surface area contributed by atoms with Gasteiger partial charge in [0.2, 0.25) is 5.91 Å². The maximum Gasteiger partial charge on any atom is 0.223 e. The Balaban J connectivity index is 1.71. The highest BCUT2D eigenvalue weighted by molar-refractivity contribution is 5.76. The van der Waals surface area contributed by atoms with Crippen molar-refractivity contribution in [2.24, 2.45) is 0 Å². The molecule has 1 aliphatic rings. The van der Waals surface area contributed by atoms with Crippen molar-refractivity contribution < 1.29 is 9.18 Å². The Morgan fingerprint density at radius 1 is 1.37 bits per heavy atom. The second-order valence-electron chi connectivity index (χ2n) is 5.09. The fourth-order valence-electron chi connectivity index (χ4n) is 2.37. The molecule has 19 heavy (non-hydrogen) atoms. The van der Waals surface area contributed by atoms with Crippen molar-refractivity contribution in [3.05, 3.63) is 35.1 Å². The summed E-state index contributed by atoms with van der Waals surface area (Å²) >= 11 is 0. The maximum atomic E-state index is 13.1. The number of rotatable bonds is 5. The smallest absolute Gasteiger partial charge is 0.223 e. The molecule has 1 aromatic rings. The molecule has 1 saturated heterocycles. The van der Waals surface area contributed by atoms with Gasteiger partial charge in [0.05, 0.1) is 0 Å². The molecular formula is C15H21FN2O. The highest BCUT2D eigenvalue weighted by Crippen LogP contribution is 2.10. The van der Waals surface area contributed by atoms with E-state index in [9.17, 15) is 9.18 Å². The van der Waals surface area contributed by atoms with Crippen LogP contribution in [0.25, 0.3) is 0 Å². The lowest BCUT2D eigenvalue weighted by molar-refractivity contribution is -0.130. The lowest BCUT2D eigenvalue weighted by atomic mass is 10.1. The minimum atomic E-state index is -0.212. The minimum absolute atomic E-state index is 0.212. The molecule has 0 bridgehead atoms. The van der Waals surface area contributed by atoms with E-state index in [1.54, 1.807) is 12.1 Å². The first kappa shape index (κ1) is 14.0. The van der Waals surface area contributed by atoms with Crippen LogP contribution in [0.5, 0.6) is 0 Å². The quantitative estimate of drug-likeness (QED) is 0.827. The molecule has 1 fully saturated rings. The molecule has 0 unspecified atom stereocenters. The Bertz CT molecular complexity index is 442. The second kappa shape index (κ2) is 6.66. The summed E-state index contributed by atoms with van der Waals surface area (Å²) in [6.45, 7) is 5.03. The molecule has 2 rings (SSSR count). The summed E-state index contributed by atoms with van der Waals surface area (Å²) in [6.07, 6.45) is 2.78. The molecule has 1 amide bonds.